The molecule has 0 saturated carbocycles. The first kappa shape index (κ1) is 28.8. The van der Waals surface area contributed by atoms with Crippen LogP contribution in [0.25, 0.3) is 132 Å². The maximum Gasteiger partial charge on any atom is 0.247 e. The van der Waals surface area contributed by atoms with Crippen LogP contribution in [0.3, 0.4) is 0 Å². The second-order valence-electron chi connectivity index (χ2n) is 14.9. The molecule has 1 aliphatic carbocycles. The molecule has 0 unspecified atom stereocenters. The predicted octanol–water partition coefficient (Wildman–Crippen LogP) is 13.3. The Hall–Kier alpha value is -7.70. The van der Waals surface area contributed by atoms with Gasteiger partial charge < -0.3 is 13.4 Å². The van der Waals surface area contributed by atoms with Gasteiger partial charge in [0.2, 0.25) is 5.71 Å². The van der Waals surface area contributed by atoms with Gasteiger partial charge in [0.05, 0.1) is 22.1 Å². The summed E-state index contributed by atoms with van der Waals surface area (Å²) < 4.78 is 17.7. The van der Waals surface area contributed by atoms with Gasteiger partial charge in [-0.25, -0.2) is 9.97 Å². The smallest absolute Gasteiger partial charge is 0.247 e. The lowest BCUT2D eigenvalue weighted by atomic mass is 9.95. The Balaban J connectivity index is 1.17. The number of nitrogens with zero attached hydrogens (tertiary/aromatic N) is 4. The first-order valence-corrected chi connectivity index (χ1v) is 18.9. The summed E-state index contributed by atoms with van der Waals surface area (Å²) in [6.45, 7) is 0. The molecule has 8 aromatic carbocycles. The van der Waals surface area contributed by atoms with Gasteiger partial charge in [-0.3, -0.25) is 4.57 Å². The summed E-state index contributed by atoms with van der Waals surface area (Å²) >= 11 is 0. The second-order valence-corrected chi connectivity index (χ2v) is 14.9. The fourth-order valence-corrected chi connectivity index (χ4v) is 9.79. The van der Waals surface area contributed by atoms with Crippen molar-refractivity contribution in [3.8, 4) is 33.9 Å². The van der Waals surface area contributed by atoms with E-state index in [0.717, 1.165) is 83.3 Å². The third kappa shape index (κ3) is 3.48. The van der Waals surface area contributed by atoms with Crippen LogP contribution in [-0.2, 0) is 0 Å². The Bertz CT molecular complexity index is 3880. The lowest BCUT2D eigenvalue weighted by Crippen LogP contribution is -2.03. The Morgan fingerprint density at radius 3 is 2.04 bits per heavy atom. The van der Waals surface area contributed by atoms with Gasteiger partial charge in [0.15, 0.2) is 5.82 Å². The lowest BCUT2D eigenvalue weighted by molar-refractivity contribution is 0.653. The van der Waals surface area contributed by atoms with Crippen LogP contribution >= 0.6 is 0 Å². The molecule has 5 heterocycles. The van der Waals surface area contributed by atoms with Crippen LogP contribution in [0.1, 0.15) is 0 Å². The minimum atomic E-state index is 0.510. The van der Waals surface area contributed by atoms with Gasteiger partial charge in [-0.15, -0.1) is 0 Å². The van der Waals surface area contributed by atoms with Crippen LogP contribution in [0.4, 0.5) is 0 Å². The highest BCUT2D eigenvalue weighted by Gasteiger charge is 2.29. The minimum Gasteiger partial charge on any atom is -0.456 e. The van der Waals surface area contributed by atoms with E-state index < -0.39 is 0 Å². The topological polar surface area (TPSA) is 61.9 Å². The number of hydrogen-bond acceptors (Lipinski definition) is 4. The summed E-state index contributed by atoms with van der Waals surface area (Å²) in [7, 11) is 0. The normalized spacial score (nSPS) is 12.6. The van der Waals surface area contributed by atoms with E-state index in [2.05, 4.69) is 149 Å². The van der Waals surface area contributed by atoms with E-state index in [1.807, 2.05) is 18.2 Å². The fraction of sp³-hybridized carbons (Fsp3) is 0. The van der Waals surface area contributed by atoms with Crippen LogP contribution in [0.15, 0.2) is 167 Å². The van der Waals surface area contributed by atoms with E-state index in [1.165, 1.54) is 43.4 Å². The minimum absolute atomic E-state index is 0.510. The van der Waals surface area contributed by atoms with Crippen molar-refractivity contribution in [2.75, 3.05) is 0 Å². The fourth-order valence-electron chi connectivity index (χ4n) is 9.79. The molecule has 5 aromatic heterocycles. The highest BCUT2D eigenvalue weighted by atomic mass is 16.3. The molecule has 13 aromatic rings. The average molecular weight is 715 g/mol. The summed E-state index contributed by atoms with van der Waals surface area (Å²) in [5.74, 6) is 0.746. The van der Waals surface area contributed by atoms with E-state index in [4.69, 9.17) is 18.8 Å². The lowest BCUT2D eigenvalue weighted by Gasteiger charge is -2.14. The first-order chi connectivity index (χ1) is 27.8. The number of para-hydroxylation sites is 3. The third-order valence-corrected chi connectivity index (χ3v) is 12.1. The molecule has 0 N–H and O–H groups in total. The van der Waals surface area contributed by atoms with Gasteiger partial charge in [0, 0.05) is 49.0 Å². The molecule has 0 atom stereocenters. The van der Waals surface area contributed by atoms with Gasteiger partial charge in [-0.1, -0.05) is 97.1 Å². The van der Waals surface area contributed by atoms with E-state index >= 15 is 0 Å². The maximum atomic E-state index is 6.58. The number of fused-ring (bicyclic) bond motifs is 7. The molecule has 0 aliphatic heterocycles. The van der Waals surface area contributed by atoms with Crippen molar-refractivity contribution in [2.24, 2.45) is 0 Å². The Labute approximate surface area is 317 Å². The highest BCUT2D eigenvalue weighted by Crippen LogP contribution is 2.51. The summed E-state index contributed by atoms with van der Waals surface area (Å²) in [5.41, 5.74) is 13.3. The Morgan fingerprint density at radius 2 is 1.12 bits per heavy atom. The Kier molecular flexibility index (Phi) is 5.18. The van der Waals surface area contributed by atoms with Crippen molar-refractivity contribution >= 4 is 98.5 Å². The van der Waals surface area contributed by atoms with Crippen molar-refractivity contribution in [1.82, 2.24) is 19.1 Å². The zero-order valence-corrected chi connectivity index (χ0v) is 29.6. The number of aromatic nitrogens is 4. The van der Waals surface area contributed by atoms with Gasteiger partial charge in [0.25, 0.3) is 0 Å². The molecule has 14 rings (SSSR count). The van der Waals surface area contributed by atoms with Gasteiger partial charge >= 0.3 is 0 Å². The van der Waals surface area contributed by atoms with Crippen molar-refractivity contribution < 1.29 is 8.83 Å². The van der Waals surface area contributed by atoms with Crippen molar-refractivity contribution in [1.29, 1.82) is 0 Å². The first-order valence-electron chi connectivity index (χ1n) is 18.9. The molecule has 1 aliphatic rings. The van der Waals surface area contributed by atoms with Crippen molar-refractivity contribution in [2.45, 2.75) is 0 Å². The summed E-state index contributed by atoms with van der Waals surface area (Å²) in [4.78, 5) is 11.0. The maximum absolute atomic E-state index is 6.58. The monoisotopic (exact) mass is 714 g/mol. The van der Waals surface area contributed by atoms with E-state index in [-0.39, 0.29) is 0 Å². The number of rotatable bonds is 3. The van der Waals surface area contributed by atoms with E-state index in [0.29, 0.717) is 5.71 Å². The summed E-state index contributed by atoms with van der Waals surface area (Å²) in [6, 6.07) is 55.8. The molecular formula is C50H26N4O2. The third-order valence-electron chi connectivity index (χ3n) is 12.1. The molecule has 0 saturated heterocycles. The quantitative estimate of drug-likeness (QED) is 0.183. The van der Waals surface area contributed by atoms with Crippen LogP contribution in [0.5, 0.6) is 0 Å². The van der Waals surface area contributed by atoms with Gasteiger partial charge in [-0.05, 0) is 82.6 Å². The highest BCUT2D eigenvalue weighted by molar-refractivity contribution is 6.38. The molecule has 0 fully saturated rings. The molecule has 0 bridgehead atoms. The molecule has 6 heteroatoms. The Morgan fingerprint density at radius 1 is 0.411 bits per heavy atom. The van der Waals surface area contributed by atoms with Crippen LogP contribution in [0, 0.1) is 0 Å². The molecule has 0 amide bonds. The molecule has 0 radical (unpaired) electrons. The molecular weight excluding hydrogens is 689 g/mol. The van der Waals surface area contributed by atoms with E-state index in [9.17, 15) is 0 Å². The van der Waals surface area contributed by atoms with Gasteiger partial charge in [0.1, 0.15) is 28.0 Å². The SMILES string of the molecule is c1ccc(-n2c3ccccc3c3ccc(-c4nc5oc6ccccc6c5nc4-n4c5ccc6cccc7c6c5c5c6c(ccc54)oc4cccc-7c46)cc32)cc1. The summed E-state index contributed by atoms with van der Waals surface area (Å²) in [6.07, 6.45) is 0. The van der Waals surface area contributed by atoms with Gasteiger partial charge in [-0.2, -0.15) is 0 Å². The molecule has 6 nitrogen and oxygen atoms in total. The van der Waals surface area contributed by atoms with Crippen LogP contribution in [0.2, 0.25) is 0 Å². The van der Waals surface area contributed by atoms with Crippen molar-refractivity contribution in [3.63, 3.8) is 0 Å². The zero-order valence-electron chi connectivity index (χ0n) is 29.6. The molecule has 0 spiro atoms. The number of furan rings is 2. The standard InChI is InChI=1S/C50H26N4O2/c1-2-11-29(12-3-1)53-35-17-6-4-13-30(35)31-22-20-28(26-38(31)53)47-49(51-48-34-14-5-7-18-39(34)56-50(48)52-47)54-36-23-21-27-10-8-15-32-33-16-9-19-40-43(33)46-41(55-40)25-24-37(54)45(46)44(36)42(27)32/h1-26H. The van der Waals surface area contributed by atoms with E-state index in [1.54, 1.807) is 0 Å². The largest absolute Gasteiger partial charge is 0.456 e. The summed E-state index contributed by atoms with van der Waals surface area (Å²) in [5, 5.41) is 10.4. The predicted molar refractivity (Wildman–Crippen MR) is 227 cm³/mol. The average Bonchev–Trinajstić information content (AvgIpc) is 3.98. The van der Waals surface area contributed by atoms with Crippen molar-refractivity contribution in [3.05, 3.63) is 158 Å². The number of hydrogen-bond donors (Lipinski definition) is 0. The molecule has 258 valence electrons. The van der Waals surface area contributed by atoms with Crippen LogP contribution < -0.4 is 0 Å². The molecule has 56 heavy (non-hydrogen) atoms. The zero-order chi connectivity index (χ0) is 36.2. The van der Waals surface area contributed by atoms with Crippen LogP contribution in [-0.4, -0.2) is 19.1 Å². The number of benzene rings is 8. The second kappa shape index (κ2) is 10.1.